The average Bonchev–Trinajstić information content (AvgIpc) is 2.43. The Kier molecular flexibility index (Phi) is 5.26. The molecule has 0 aliphatic heterocycles. The van der Waals surface area contributed by atoms with Crippen molar-refractivity contribution in [3.8, 4) is 11.5 Å². The van der Waals surface area contributed by atoms with Crippen LogP contribution in [0.2, 0.25) is 0 Å². The first-order chi connectivity index (χ1) is 8.62. The maximum atomic E-state index is 8.55. The molecule has 0 heterocycles. The Balaban J connectivity index is 2.73. The Morgan fingerprint density at radius 1 is 1.44 bits per heavy atom. The zero-order valence-electron chi connectivity index (χ0n) is 10.8. The van der Waals surface area contributed by atoms with Crippen molar-refractivity contribution in [2.75, 3.05) is 14.2 Å². The molecule has 0 spiro atoms. The second-order valence-electron chi connectivity index (χ2n) is 3.81. The van der Waals surface area contributed by atoms with Crippen molar-refractivity contribution in [1.82, 2.24) is 5.32 Å². The van der Waals surface area contributed by atoms with Gasteiger partial charge in [0.1, 0.15) is 11.5 Å². The first kappa shape index (κ1) is 14.1. The van der Waals surface area contributed by atoms with Gasteiger partial charge in [-0.15, -0.1) is 0 Å². The van der Waals surface area contributed by atoms with Crippen LogP contribution in [0.5, 0.6) is 11.5 Å². The quantitative estimate of drug-likeness (QED) is 0.304. The topological polar surface area (TPSA) is 89.1 Å². The Morgan fingerprint density at radius 3 is 2.72 bits per heavy atom. The van der Waals surface area contributed by atoms with Crippen LogP contribution in [0.1, 0.15) is 12.5 Å². The molecule has 1 atom stereocenters. The number of rotatable bonds is 6. The molecule has 0 saturated heterocycles. The molecule has 4 N–H and O–H groups in total. The summed E-state index contributed by atoms with van der Waals surface area (Å²) in [7, 11) is 3.21. The summed E-state index contributed by atoms with van der Waals surface area (Å²) < 4.78 is 10.4. The van der Waals surface area contributed by atoms with Gasteiger partial charge < -0.3 is 25.7 Å². The Morgan fingerprint density at radius 2 is 2.17 bits per heavy atom. The van der Waals surface area contributed by atoms with Gasteiger partial charge in [-0.3, -0.25) is 0 Å². The van der Waals surface area contributed by atoms with Crippen molar-refractivity contribution >= 4 is 5.84 Å². The second kappa shape index (κ2) is 6.70. The van der Waals surface area contributed by atoms with Gasteiger partial charge in [0.25, 0.3) is 0 Å². The van der Waals surface area contributed by atoms with Crippen LogP contribution >= 0.6 is 0 Å². The summed E-state index contributed by atoms with van der Waals surface area (Å²) in [5, 5.41) is 14.6. The lowest BCUT2D eigenvalue weighted by molar-refractivity contribution is 0.315. The summed E-state index contributed by atoms with van der Waals surface area (Å²) in [5.74, 6) is 1.61. The molecule has 100 valence electrons. The van der Waals surface area contributed by atoms with E-state index in [4.69, 9.17) is 20.4 Å². The zero-order valence-corrected chi connectivity index (χ0v) is 10.8. The maximum Gasteiger partial charge on any atom is 0.156 e. The Hall–Kier alpha value is -1.95. The van der Waals surface area contributed by atoms with Crippen molar-refractivity contribution in [3.05, 3.63) is 23.8 Å². The van der Waals surface area contributed by atoms with Crippen molar-refractivity contribution in [2.24, 2.45) is 10.9 Å². The van der Waals surface area contributed by atoms with Crippen LogP contribution in [-0.4, -0.2) is 31.3 Å². The number of nitrogens with one attached hydrogen (secondary N) is 1. The van der Waals surface area contributed by atoms with Crippen LogP contribution in [0, 0.1) is 0 Å². The number of benzene rings is 1. The third-order valence-electron chi connectivity index (χ3n) is 2.65. The van der Waals surface area contributed by atoms with Crippen LogP contribution in [0.3, 0.4) is 0 Å². The molecule has 1 unspecified atom stereocenters. The Bertz CT molecular complexity index is 421. The SMILES string of the molecule is COc1ccc(CNC(C)C(N)=NO)c(OC)c1. The number of nitrogens with zero attached hydrogens (tertiary/aromatic N) is 1. The maximum absolute atomic E-state index is 8.55. The molecule has 0 bridgehead atoms. The van der Waals surface area contributed by atoms with Gasteiger partial charge in [0.15, 0.2) is 5.84 Å². The van der Waals surface area contributed by atoms with E-state index >= 15 is 0 Å². The van der Waals surface area contributed by atoms with Gasteiger partial charge in [0.2, 0.25) is 0 Å². The standard InChI is InChI=1S/C12H19N3O3/c1-8(12(13)15-16)14-7-9-4-5-10(17-2)6-11(9)18-3/h4-6,8,14,16H,7H2,1-3H3,(H2,13,15). The number of methoxy groups -OCH3 is 2. The minimum absolute atomic E-state index is 0.141. The third-order valence-corrected chi connectivity index (χ3v) is 2.65. The van der Waals surface area contributed by atoms with E-state index in [9.17, 15) is 0 Å². The average molecular weight is 253 g/mol. The molecule has 0 aliphatic carbocycles. The predicted octanol–water partition coefficient (Wildman–Crippen LogP) is 0.928. The fourth-order valence-corrected chi connectivity index (χ4v) is 1.45. The highest BCUT2D eigenvalue weighted by molar-refractivity contribution is 5.84. The van der Waals surface area contributed by atoms with Crippen LogP contribution in [0.15, 0.2) is 23.4 Å². The van der Waals surface area contributed by atoms with E-state index < -0.39 is 0 Å². The normalized spacial score (nSPS) is 13.2. The summed E-state index contributed by atoms with van der Waals surface area (Å²) in [6.45, 7) is 2.36. The largest absolute Gasteiger partial charge is 0.497 e. The molecule has 0 amide bonds. The number of hydrogen-bond acceptors (Lipinski definition) is 5. The minimum atomic E-state index is -0.221. The molecular weight excluding hydrogens is 234 g/mol. The number of ether oxygens (including phenoxy) is 2. The fourth-order valence-electron chi connectivity index (χ4n) is 1.45. The molecule has 0 fully saturated rings. The zero-order chi connectivity index (χ0) is 13.5. The van der Waals surface area contributed by atoms with Gasteiger partial charge in [-0.2, -0.15) is 0 Å². The molecule has 0 aromatic heterocycles. The van der Waals surface area contributed by atoms with Crippen molar-refractivity contribution in [2.45, 2.75) is 19.5 Å². The number of nitrogens with two attached hydrogens (primary N) is 1. The van der Waals surface area contributed by atoms with E-state index in [1.807, 2.05) is 25.1 Å². The van der Waals surface area contributed by atoms with E-state index in [1.54, 1.807) is 14.2 Å². The predicted molar refractivity (Wildman–Crippen MR) is 69.3 cm³/mol. The van der Waals surface area contributed by atoms with Crippen LogP contribution < -0.4 is 20.5 Å². The first-order valence-electron chi connectivity index (χ1n) is 5.54. The number of amidine groups is 1. The molecule has 18 heavy (non-hydrogen) atoms. The van der Waals surface area contributed by atoms with Gasteiger partial charge in [-0.25, -0.2) is 0 Å². The van der Waals surface area contributed by atoms with Gasteiger partial charge in [-0.05, 0) is 13.0 Å². The fraction of sp³-hybridized carbons (Fsp3) is 0.417. The summed E-state index contributed by atoms with van der Waals surface area (Å²) in [5.41, 5.74) is 6.45. The molecule has 6 nitrogen and oxygen atoms in total. The first-order valence-corrected chi connectivity index (χ1v) is 5.54. The molecule has 1 aromatic rings. The third kappa shape index (κ3) is 3.53. The van der Waals surface area contributed by atoms with Crippen LogP contribution in [-0.2, 0) is 6.54 Å². The smallest absolute Gasteiger partial charge is 0.156 e. The number of oxime groups is 1. The Labute approximate surface area is 106 Å². The van der Waals surface area contributed by atoms with Crippen LogP contribution in [0.4, 0.5) is 0 Å². The highest BCUT2D eigenvalue weighted by atomic mass is 16.5. The highest BCUT2D eigenvalue weighted by Gasteiger charge is 2.09. The molecule has 1 rings (SSSR count). The highest BCUT2D eigenvalue weighted by Crippen LogP contribution is 2.24. The van der Waals surface area contributed by atoms with E-state index in [1.165, 1.54) is 0 Å². The van der Waals surface area contributed by atoms with Crippen molar-refractivity contribution in [1.29, 1.82) is 0 Å². The van der Waals surface area contributed by atoms with E-state index in [0.29, 0.717) is 6.54 Å². The second-order valence-corrected chi connectivity index (χ2v) is 3.81. The molecule has 0 radical (unpaired) electrons. The van der Waals surface area contributed by atoms with Gasteiger partial charge in [0, 0.05) is 18.2 Å². The summed E-state index contributed by atoms with van der Waals surface area (Å²) in [6.07, 6.45) is 0. The van der Waals surface area contributed by atoms with Crippen LogP contribution in [0.25, 0.3) is 0 Å². The molecule has 1 aromatic carbocycles. The van der Waals surface area contributed by atoms with Gasteiger partial charge in [-0.1, -0.05) is 11.2 Å². The molecular formula is C12H19N3O3. The summed E-state index contributed by atoms with van der Waals surface area (Å²) >= 11 is 0. The summed E-state index contributed by atoms with van der Waals surface area (Å²) in [4.78, 5) is 0. The molecule has 0 aliphatic rings. The van der Waals surface area contributed by atoms with E-state index in [-0.39, 0.29) is 11.9 Å². The monoisotopic (exact) mass is 253 g/mol. The van der Waals surface area contributed by atoms with Crippen molar-refractivity contribution in [3.63, 3.8) is 0 Å². The van der Waals surface area contributed by atoms with Crippen molar-refractivity contribution < 1.29 is 14.7 Å². The molecule has 0 saturated carbocycles. The number of hydrogen-bond donors (Lipinski definition) is 3. The van der Waals surface area contributed by atoms with E-state index in [2.05, 4.69) is 10.5 Å². The van der Waals surface area contributed by atoms with Gasteiger partial charge in [0.05, 0.1) is 20.3 Å². The lowest BCUT2D eigenvalue weighted by Crippen LogP contribution is -2.38. The van der Waals surface area contributed by atoms with E-state index in [0.717, 1.165) is 17.1 Å². The van der Waals surface area contributed by atoms with Gasteiger partial charge >= 0.3 is 0 Å². The lowest BCUT2D eigenvalue weighted by atomic mass is 10.1. The minimum Gasteiger partial charge on any atom is -0.497 e. The summed E-state index contributed by atoms with van der Waals surface area (Å²) in [6, 6.07) is 5.35. The molecule has 6 heteroatoms. The lowest BCUT2D eigenvalue weighted by Gasteiger charge is -2.14.